The molecule has 0 aliphatic heterocycles. The number of benzene rings is 2. The molecule has 3 rings (SSSR count). The first kappa shape index (κ1) is 19.6. The summed E-state index contributed by atoms with van der Waals surface area (Å²) in [6.45, 7) is 0.621. The molecule has 134 valence electrons. The first-order valence-electron chi connectivity index (χ1n) is 7.41. The van der Waals surface area contributed by atoms with Crippen LogP contribution in [0.5, 0.6) is 0 Å². The number of hydrogen-bond donors (Lipinski definition) is 2. The van der Waals surface area contributed by atoms with Crippen molar-refractivity contribution in [1.82, 2.24) is 9.78 Å². The molecule has 2 N–H and O–H groups in total. The zero-order chi connectivity index (χ0) is 18.7. The number of halogens is 4. The molecule has 0 spiro atoms. The van der Waals surface area contributed by atoms with Crippen molar-refractivity contribution in [2.24, 2.45) is 0 Å². The van der Waals surface area contributed by atoms with Crippen LogP contribution in [0.25, 0.3) is 0 Å². The van der Waals surface area contributed by atoms with E-state index in [-0.39, 0.29) is 0 Å². The zero-order valence-electron chi connectivity index (χ0n) is 13.1. The van der Waals surface area contributed by atoms with Crippen LogP contribution in [0.2, 0.25) is 10.0 Å². The van der Waals surface area contributed by atoms with E-state index in [1.165, 1.54) is 0 Å². The fourth-order valence-corrected chi connectivity index (χ4v) is 3.66. The Morgan fingerprint density at radius 1 is 1.08 bits per heavy atom. The second-order valence-corrected chi connectivity index (χ2v) is 8.37. The third-order valence-corrected chi connectivity index (χ3v) is 5.23. The lowest BCUT2D eigenvalue weighted by Crippen LogP contribution is -2.20. The Bertz CT molecular complexity index is 944. The molecule has 0 fully saturated rings. The fourth-order valence-electron chi connectivity index (χ4n) is 2.19. The molecular formula is C17H12Br2Cl2N4S. The summed E-state index contributed by atoms with van der Waals surface area (Å²) in [5, 5.41) is 12.3. The summed E-state index contributed by atoms with van der Waals surface area (Å²) >= 11 is 24.3. The first-order valence-corrected chi connectivity index (χ1v) is 10.2. The SMILES string of the molecule is S=C(Nc1ccc(Br)cc1Cl)Nc1nn(Cc2ccc(Cl)cc2)cc1Br. The van der Waals surface area contributed by atoms with Crippen LogP contribution in [0.15, 0.2) is 57.6 Å². The molecule has 3 aromatic rings. The number of aromatic nitrogens is 2. The van der Waals surface area contributed by atoms with Gasteiger partial charge < -0.3 is 10.6 Å². The van der Waals surface area contributed by atoms with E-state index >= 15 is 0 Å². The van der Waals surface area contributed by atoms with E-state index in [1.54, 1.807) is 6.07 Å². The topological polar surface area (TPSA) is 41.9 Å². The van der Waals surface area contributed by atoms with Crippen LogP contribution in [0.4, 0.5) is 11.5 Å². The van der Waals surface area contributed by atoms with E-state index in [1.807, 2.05) is 47.3 Å². The van der Waals surface area contributed by atoms with Crippen molar-refractivity contribution < 1.29 is 0 Å². The van der Waals surface area contributed by atoms with Crippen LogP contribution < -0.4 is 10.6 Å². The van der Waals surface area contributed by atoms with Crippen molar-refractivity contribution in [2.75, 3.05) is 10.6 Å². The summed E-state index contributed by atoms with van der Waals surface area (Å²) in [5.41, 5.74) is 1.81. The Balaban J connectivity index is 1.67. The summed E-state index contributed by atoms with van der Waals surface area (Å²) in [6.07, 6.45) is 1.88. The van der Waals surface area contributed by atoms with Crippen molar-refractivity contribution in [3.63, 3.8) is 0 Å². The predicted molar refractivity (Wildman–Crippen MR) is 119 cm³/mol. The molecule has 0 saturated heterocycles. The van der Waals surface area contributed by atoms with Crippen LogP contribution in [0, 0.1) is 0 Å². The molecule has 2 aromatic carbocycles. The Morgan fingerprint density at radius 2 is 1.81 bits per heavy atom. The van der Waals surface area contributed by atoms with E-state index in [0.717, 1.165) is 14.5 Å². The molecule has 0 radical (unpaired) electrons. The zero-order valence-corrected chi connectivity index (χ0v) is 18.6. The van der Waals surface area contributed by atoms with E-state index < -0.39 is 0 Å². The molecule has 0 atom stereocenters. The lowest BCUT2D eigenvalue weighted by Gasteiger charge is -2.10. The van der Waals surface area contributed by atoms with Crippen LogP contribution in [-0.2, 0) is 6.54 Å². The first-order chi connectivity index (χ1) is 12.4. The predicted octanol–water partition coefficient (Wildman–Crippen LogP) is 6.57. The number of rotatable bonds is 4. The maximum absolute atomic E-state index is 6.20. The summed E-state index contributed by atoms with van der Waals surface area (Å²) in [4.78, 5) is 0. The van der Waals surface area contributed by atoms with Crippen LogP contribution in [0.3, 0.4) is 0 Å². The number of thiocarbonyl (C=S) groups is 1. The maximum atomic E-state index is 6.20. The molecule has 1 heterocycles. The van der Waals surface area contributed by atoms with Crippen molar-refractivity contribution in [3.05, 3.63) is 73.2 Å². The van der Waals surface area contributed by atoms with E-state index in [2.05, 4.69) is 47.6 Å². The molecular weight excluding hydrogens is 523 g/mol. The minimum Gasteiger partial charge on any atom is -0.331 e. The normalized spacial score (nSPS) is 10.6. The quantitative estimate of drug-likeness (QED) is 0.371. The van der Waals surface area contributed by atoms with Gasteiger partial charge in [0.1, 0.15) is 0 Å². The van der Waals surface area contributed by atoms with Gasteiger partial charge >= 0.3 is 0 Å². The highest BCUT2D eigenvalue weighted by Crippen LogP contribution is 2.26. The van der Waals surface area contributed by atoms with Gasteiger partial charge in [-0.1, -0.05) is 51.3 Å². The van der Waals surface area contributed by atoms with Gasteiger partial charge in [-0.2, -0.15) is 5.10 Å². The molecule has 9 heteroatoms. The molecule has 0 aliphatic rings. The highest BCUT2D eigenvalue weighted by atomic mass is 79.9. The second-order valence-electron chi connectivity index (χ2n) is 5.35. The fraction of sp³-hybridized carbons (Fsp3) is 0.0588. The maximum Gasteiger partial charge on any atom is 0.176 e. The van der Waals surface area contributed by atoms with Crippen LogP contribution >= 0.6 is 67.3 Å². The highest BCUT2D eigenvalue weighted by molar-refractivity contribution is 9.10. The highest BCUT2D eigenvalue weighted by Gasteiger charge is 2.10. The van der Waals surface area contributed by atoms with Gasteiger partial charge in [-0.05, 0) is 64.0 Å². The molecule has 0 saturated carbocycles. The average molecular weight is 535 g/mol. The minimum absolute atomic E-state index is 0.395. The molecule has 0 bridgehead atoms. The van der Waals surface area contributed by atoms with Crippen LogP contribution in [0.1, 0.15) is 5.56 Å². The Morgan fingerprint density at radius 3 is 2.50 bits per heavy atom. The second kappa shape index (κ2) is 8.71. The van der Waals surface area contributed by atoms with Crippen molar-refractivity contribution in [3.8, 4) is 0 Å². The molecule has 0 aliphatic carbocycles. The van der Waals surface area contributed by atoms with Gasteiger partial charge in [-0.15, -0.1) is 0 Å². The summed E-state index contributed by atoms with van der Waals surface area (Å²) < 4.78 is 3.51. The molecule has 0 amide bonds. The van der Waals surface area contributed by atoms with Crippen LogP contribution in [-0.4, -0.2) is 14.9 Å². The monoisotopic (exact) mass is 532 g/mol. The van der Waals surface area contributed by atoms with Gasteiger partial charge in [0, 0.05) is 15.7 Å². The standard InChI is InChI=1S/C17H12Br2Cl2N4S/c18-11-3-6-15(14(21)7-11)22-17(26)23-16-13(19)9-25(24-16)8-10-1-4-12(20)5-2-10/h1-7,9H,8H2,(H2,22,23,24,26). The van der Waals surface area contributed by atoms with Gasteiger partial charge in [-0.25, -0.2) is 0 Å². The summed E-state index contributed by atoms with van der Waals surface area (Å²) in [7, 11) is 0. The Labute approximate surface area is 183 Å². The van der Waals surface area contributed by atoms with Gasteiger partial charge in [0.05, 0.1) is 21.7 Å². The molecule has 26 heavy (non-hydrogen) atoms. The van der Waals surface area contributed by atoms with E-state index in [4.69, 9.17) is 35.4 Å². The lowest BCUT2D eigenvalue weighted by atomic mass is 10.2. The Hall–Kier alpha value is -1.12. The smallest absolute Gasteiger partial charge is 0.176 e. The van der Waals surface area contributed by atoms with Crippen molar-refractivity contribution in [2.45, 2.75) is 6.54 Å². The number of hydrogen-bond acceptors (Lipinski definition) is 2. The molecule has 1 aromatic heterocycles. The number of anilines is 2. The van der Waals surface area contributed by atoms with Gasteiger partial charge in [0.2, 0.25) is 0 Å². The summed E-state index contributed by atoms with van der Waals surface area (Å²) in [5.74, 6) is 0.615. The lowest BCUT2D eigenvalue weighted by molar-refractivity contribution is 0.689. The Kier molecular flexibility index (Phi) is 6.58. The minimum atomic E-state index is 0.395. The van der Waals surface area contributed by atoms with Gasteiger partial charge in [-0.3, -0.25) is 4.68 Å². The molecule has 0 unspecified atom stereocenters. The number of nitrogens with one attached hydrogen (secondary N) is 2. The van der Waals surface area contributed by atoms with Gasteiger partial charge in [0.15, 0.2) is 10.9 Å². The largest absolute Gasteiger partial charge is 0.331 e. The van der Waals surface area contributed by atoms with E-state index in [9.17, 15) is 0 Å². The van der Waals surface area contributed by atoms with Crippen molar-refractivity contribution >= 4 is 83.9 Å². The third kappa shape index (κ3) is 5.20. The van der Waals surface area contributed by atoms with Gasteiger partial charge in [0.25, 0.3) is 0 Å². The molecule has 4 nitrogen and oxygen atoms in total. The summed E-state index contributed by atoms with van der Waals surface area (Å²) in [6, 6.07) is 13.2. The number of nitrogens with zero attached hydrogens (tertiary/aromatic N) is 2. The average Bonchev–Trinajstić information content (AvgIpc) is 2.91. The van der Waals surface area contributed by atoms with E-state index in [0.29, 0.717) is 33.2 Å². The van der Waals surface area contributed by atoms with Crippen molar-refractivity contribution in [1.29, 1.82) is 0 Å². The third-order valence-electron chi connectivity index (χ3n) is 3.39.